The second-order valence-electron chi connectivity index (χ2n) is 5.37. The molecule has 0 spiro atoms. The van der Waals surface area contributed by atoms with Gasteiger partial charge in [-0.3, -0.25) is 9.36 Å². The number of nitrogens with one attached hydrogen (secondary N) is 1. The van der Waals surface area contributed by atoms with Gasteiger partial charge in [-0.2, -0.15) is 13.2 Å². The molecule has 0 fully saturated rings. The molecular formula is C15H17F3N4OS. The summed E-state index contributed by atoms with van der Waals surface area (Å²) in [5, 5.41) is 9.38. The minimum Gasteiger partial charge on any atom is -0.346 e. The maximum absolute atomic E-state index is 12.2. The van der Waals surface area contributed by atoms with Gasteiger partial charge in [-0.25, -0.2) is 0 Å². The van der Waals surface area contributed by atoms with Crippen LogP contribution in [0.1, 0.15) is 18.1 Å². The maximum Gasteiger partial charge on any atom is 0.405 e. The summed E-state index contributed by atoms with van der Waals surface area (Å²) in [6, 6.07) is 5.85. The Morgan fingerprint density at radius 2 is 2.08 bits per heavy atom. The molecule has 1 amide bonds. The summed E-state index contributed by atoms with van der Waals surface area (Å²) in [6.07, 6.45) is -2.92. The number of hydrogen-bond donors (Lipinski definition) is 1. The van der Waals surface area contributed by atoms with Crippen LogP contribution in [0.25, 0.3) is 5.69 Å². The van der Waals surface area contributed by atoms with E-state index < -0.39 is 23.9 Å². The fourth-order valence-corrected chi connectivity index (χ4v) is 2.95. The predicted molar refractivity (Wildman–Crippen MR) is 85.2 cm³/mol. The van der Waals surface area contributed by atoms with Crippen molar-refractivity contribution < 1.29 is 18.0 Å². The van der Waals surface area contributed by atoms with Crippen molar-refractivity contribution in [3.63, 3.8) is 0 Å². The first kappa shape index (κ1) is 18.3. The Kier molecular flexibility index (Phi) is 5.53. The highest BCUT2D eigenvalue weighted by Gasteiger charge is 2.29. The molecule has 1 aromatic heterocycles. The summed E-state index contributed by atoms with van der Waals surface area (Å²) >= 11 is 1.05. The standard InChI is InChI=1S/C15H17F3N4OS/c1-9-4-5-12(10(2)6-9)22-8-20-21-14(22)24-11(3)13(23)19-7-15(16,17)18/h4-6,8,11H,7H2,1-3H3,(H,19,23)/t11-/m1/s1. The number of alkyl halides is 3. The third-order valence-corrected chi connectivity index (χ3v) is 4.30. The highest BCUT2D eigenvalue weighted by molar-refractivity contribution is 8.00. The lowest BCUT2D eigenvalue weighted by Crippen LogP contribution is -2.38. The number of amides is 1. The van der Waals surface area contributed by atoms with Gasteiger partial charge >= 0.3 is 6.18 Å². The Balaban J connectivity index is 2.11. The van der Waals surface area contributed by atoms with Gasteiger partial charge in [-0.1, -0.05) is 29.5 Å². The summed E-state index contributed by atoms with van der Waals surface area (Å²) in [5.74, 6) is -0.701. The van der Waals surface area contributed by atoms with Crippen LogP contribution in [0.3, 0.4) is 0 Å². The molecule has 2 rings (SSSR count). The highest BCUT2D eigenvalue weighted by atomic mass is 32.2. The molecule has 0 unspecified atom stereocenters. The molecule has 0 aliphatic heterocycles. The number of thioether (sulfide) groups is 1. The van der Waals surface area contributed by atoms with Crippen molar-refractivity contribution in [2.75, 3.05) is 6.54 Å². The molecule has 2 aromatic rings. The van der Waals surface area contributed by atoms with E-state index in [1.165, 1.54) is 13.3 Å². The minimum atomic E-state index is -4.43. The topological polar surface area (TPSA) is 59.8 Å². The number of carbonyl (C=O) groups excluding carboxylic acids is 1. The zero-order valence-electron chi connectivity index (χ0n) is 13.4. The van der Waals surface area contributed by atoms with Crippen LogP contribution < -0.4 is 5.32 Å². The van der Waals surface area contributed by atoms with Crippen molar-refractivity contribution in [1.82, 2.24) is 20.1 Å². The molecular weight excluding hydrogens is 341 g/mol. The summed E-state index contributed by atoms with van der Waals surface area (Å²) in [7, 11) is 0. The third-order valence-electron chi connectivity index (χ3n) is 3.24. The molecule has 9 heteroatoms. The van der Waals surface area contributed by atoms with Crippen molar-refractivity contribution in [3.8, 4) is 5.69 Å². The number of halogens is 3. The third kappa shape index (κ3) is 4.73. The Hall–Kier alpha value is -2.03. The zero-order valence-corrected chi connectivity index (χ0v) is 14.2. The molecule has 0 aliphatic carbocycles. The van der Waals surface area contributed by atoms with Crippen molar-refractivity contribution in [2.24, 2.45) is 0 Å². The van der Waals surface area contributed by atoms with Crippen LogP contribution in [0.2, 0.25) is 0 Å². The number of carbonyl (C=O) groups is 1. The first-order chi connectivity index (χ1) is 11.2. The van der Waals surface area contributed by atoms with Crippen molar-refractivity contribution in [2.45, 2.75) is 37.4 Å². The summed E-state index contributed by atoms with van der Waals surface area (Å²) in [4.78, 5) is 11.8. The summed E-state index contributed by atoms with van der Waals surface area (Å²) < 4.78 is 38.2. The molecule has 1 heterocycles. The van der Waals surface area contributed by atoms with E-state index in [1.54, 1.807) is 4.57 Å². The van der Waals surface area contributed by atoms with Crippen LogP contribution in [0, 0.1) is 13.8 Å². The second-order valence-corrected chi connectivity index (χ2v) is 6.67. The van der Waals surface area contributed by atoms with Crippen LogP contribution in [-0.2, 0) is 4.79 Å². The molecule has 0 radical (unpaired) electrons. The highest BCUT2D eigenvalue weighted by Crippen LogP contribution is 2.26. The van der Waals surface area contributed by atoms with Gasteiger partial charge in [0.1, 0.15) is 12.9 Å². The van der Waals surface area contributed by atoms with Gasteiger partial charge in [0, 0.05) is 0 Å². The lowest BCUT2D eigenvalue weighted by Gasteiger charge is -2.14. The fourth-order valence-electron chi connectivity index (χ4n) is 2.09. The molecule has 1 aromatic carbocycles. The zero-order chi connectivity index (χ0) is 17.9. The SMILES string of the molecule is Cc1ccc(-n2cnnc2S[C@H](C)C(=O)NCC(F)(F)F)c(C)c1. The van der Waals surface area contributed by atoms with Crippen LogP contribution in [-0.4, -0.2) is 38.6 Å². The van der Waals surface area contributed by atoms with E-state index in [1.807, 2.05) is 37.4 Å². The van der Waals surface area contributed by atoms with E-state index in [9.17, 15) is 18.0 Å². The number of rotatable bonds is 5. The van der Waals surface area contributed by atoms with Crippen molar-refractivity contribution in [3.05, 3.63) is 35.7 Å². The minimum absolute atomic E-state index is 0.441. The largest absolute Gasteiger partial charge is 0.405 e. The molecule has 0 saturated carbocycles. The monoisotopic (exact) mass is 358 g/mol. The molecule has 130 valence electrons. The van der Waals surface area contributed by atoms with Gasteiger partial charge in [0.25, 0.3) is 0 Å². The van der Waals surface area contributed by atoms with Crippen LogP contribution in [0.4, 0.5) is 13.2 Å². The molecule has 24 heavy (non-hydrogen) atoms. The first-order valence-corrected chi connectivity index (χ1v) is 8.04. The lowest BCUT2D eigenvalue weighted by molar-refractivity contribution is -0.137. The van der Waals surface area contributed by atoms with Gasteiger partial charge in [-0.05, 0) is 32.4 Å². The van der Waals surface area contributed by atoms with E-state index in [0.29, 0.717) is 5.16 Å². The average Bonchev–Trinajstić information content (AvgIpc) is 2.92. The Bertz CT molecular complexity index is 730. The molecule has 0 aliphatic rings. The van der Waals surface area contributed by atoms with Crippen molar-refractivity contribution in [1.29, 1.82) is 0 Å². The Labute approximate surface area is 141 Å². The Morgan fingerprint density at radius 1 is 1.38 bits per heavy atom. The molecule has 5 nitrogen and oxygen atoms in total. The summed E-state index contributed by atoms with van der Waals surface area (Å²) in [6.45, 7) is 4.10. The normalized spacial score (nSPS) is 12.9. The van der Waals surface area contributed by atoms with Crippen LogP contribution >= 0.6 is 11.8 Å². The van der Waals surface area contributed by atoms with E-state index in [0.717, 1.165) is 28.6 Å². The number of aryl methyl sites for hydroxylation is 2. The van der Waals surface area contributed by atoms with Crippen molar-refractivity contribution >= 4 is 17.7 Å². The smallest absolute Gasteiger partial charge is 0.346 e. The predicted octanol–water partition coefficient (Wildman–Crippen LogP) is 3.04. The lowest BCUT2D eigenvalue weighted by atomic mass is 10.1. The van der Waals surface area contributed by atoms with Gasteiger partial charge in [0.05, 0.1) is 10.9 Å². The molecule has 0 saturated heterocycles. The van der Waals surface area contributed by atoms with Gasteiger partial charge in [0.2, 0.25) is 5.91 Å². The van der Waals surface area contributed by atoms with Gasteiger partial charge < -0.3 is 5.32 Å². The number of benzene rings is 1. The fraction of sp³-hybridized carbons (Fsp3) is 0.400. The number of aromatic nitrogens is 3. The second kappa shape index (κ2) is 7.25. The van der Waals surface area contributed by atoms with Gasteiger partial charge in [0.15, 0.2) is 5.16 Å². The molecule has 1 atom stereocenters. The maximum atomic E-state index is 12.2. The van der Waals surface area contributed by atoms with E-state index >= 15 is 0 Å². The molecule has 0 bridgehead atoms. The number of nitrogens with zero attached hydrogens (tertiary/aromatic N) is 3. The van der Waals surface area contributed by atoms with Crippen LogP contribution in [0.5, 0.6) is 0 Å². The number of hydrogen-bond acceptors (Lipinski definition) is 4. The molecule has 1 N–H and O–H groups in total. The average molecular weight is 358 g/mol. The summed E-state index contributed by atoms with van der Waals surface area (Å²) in [5.41, 5.74) is 2.97. The van der Waals surface area contributed by atoms with Gasteiger partial charge in [-0.15, -0.1) is 10.2 Å². The van der Waals surface area contributed by atoms with E-state index in [4.69, 9.17) is 0 Å². The van der Waals surface area contributed by atoms with E-state index in [-0.39, 0.29) is 0 Å². The first-order valence-electron chi connectivity index (χ1n) is 7.16. The van der Waals surface area contributed by atoms with E-state index in [2.05, 4.69) is 10.2 Å². The quantitative estimate of drug-likeness (QED) is 0.835. The van der Waals surface area contributed by atoms with Crippen LogP contribution in [0.15, 0.2) is 29.7 Å². The Morgan fingerprint density at radius 3 is 2.71 bits per heavy atom.